The molecule has 0 aromatic heterocycles. The molecular formula is C7H17ClP+. The number of hydrogen-bond acceptors (Lipinski definition) is 0. The lowest BCUT2D eigenvalue weighted by atomic mass is 10.9. The van der Waals surface area contributed by atoms with Crippen LogP contribution in [0.1, 0.15) is 20.8 Å². The molecule has 0 amide bonds. The minimum atomic E-state index is -0.654. The van der Waals surface area contributed by atoms with Crippen molar-refractivity contribution in [2.75, 3.05) is 24.1 Å². The van der Waals surface area contributed by atoms with Gasteiger partial charge in [0, 0.05) is 7.26 Å². The van der Waals surface area contributed by atoms with Crippen molar-refractivity contribution in [2.45, 2.75) is 20.8 Å². The fraction of sp³-hybridized carbons (Fsp3) is 1.00. The van der Waals surface area contributed by atoms with Gasteiger partial charge >= 0.3 is 0 Å². The van der Waals surface area contributed by atoms with E-state index in [-0.39, 0.29) is 0 Å². The maximum Gasteiger partial charge on any atom is 0.132 e. The van der Waals surface area contributed by atoms with E-state index >= 15 is 0 Å². The van der Waals surface area contributed by atoms with E-state index < -0.39 is 7.26 Å². The molecule has 0 aliphatic heterocycles. The van der Waals surface area contributed by atoms with E-state index in [1.807, 2.05) is 0 Å². The van der Waals surface area contributed by atoms with Gasteiger partial charge in [-0.25, -0.2) is 0 Å². The first-order chi connectivity index (χ1) is 4.24. The third kappa shape index (κ3) is 2.43. The second kappa shape index (κ2) is 4.52. The average molecular weight is 168 g/mol. The van der Waals surface area contributed by atoms with Crippen LogP contribution in [0.3, 0.4) is 0 Å². The Labute approximate surface area is 64.3 Å². The minimum absolute atomic E-state index is 0.654. The van der Waals surface area contributed by atoms with E-state index in [9.17, 15) is 0 Å². The highest BCUT2D eigenvalue weighted by Crippen LogP contribution is 2.58. The zero-order chi connectivity index (χ0) is 7.33. The molecule has 0 unspecified atom stereocenters. The van der Waals surface area contributed by atoms with Gasteiger partial charge < -0.3 is 0 Å². The van der Waals surface area contributed by atoms with E-state index in [4.69, 9.17) is 11.6 Å². The van der Waals surface area contributed by atoms with Crippen molar-refractivity contribution in [3.63, 3.8) is 0 Å². The molecule has 56 valence electrons. The Hall–Kier alpha value is 0.720. The Balaban J connectivity index is 3.82. The first-order valence-corrected chi connectivity index (χ1v) is 6.72. The van der Waals surface area contributed by atoms with Gasteiger partial charge in [0.1, 0.15) is 5.62 Å². The molecule has 0 atom stereocenters. The highest BCUT2D eigenvalue weighted by atomic mass is 35.5. The number of halogens is 1. The van der Waals surface area contributed by atoms with Crippen molar-refractivity contribution < 1.29 is 0 Å². The summed E-state index contributed by atoms with van der Waals surface area (Å²) in [5.74, 6) is 0. The van der Waals surface area contributed by atoms with Gasteiger partial charge in [-0.1, -0.05) is 11.6 Å². The molecule has 0 nitrogen and oxygen atoms in total. The van der Waals surface area contributed by atoms with Crippen LogP contribution >= 0.6 is 18.9 Å². The SMILES string of the molecule is CC[P+](CC)(CC)CCl. The summed E-state index contributed by atoms with van der Waals surface area (Å²) in [5.41, 5.74) is 0.927. The fourth-order valence-corrected chi connectivity index (χ4v) is 4.29. The van der Waals surface area contributed by atoms with Gasteiger partial charge in [-0.2, -0.15) is 0 Å². The highest BCUT2D eigenvalue weighted by molar-refractivity contribution is 7.77. The normalized spacial score (nSPS) is 12.0. The molecule has 0 saturated heterocycles. The first kappa shape index (κ1) is 9.72. The maximum atomic E-state index is 5.87. The highest BCUT2D eigenvalue weighted by Gasteiger charge is 2.29. The first-order valence-electron chi connectivity index (χ1n) is 3.65. The van der Waals surface area contributed by atoms with Gasteiger partial charge in [0.05, 0.1) is 18.5 Å². The average Bonchev–Trinajstić information content (AvgIpc) is 1.95. The molecule has 0 bridgehead atoms. The van der Waals surface area contributed by atoms with Gasteiger partial charge in [0.15, 0.2) is 0 Å². The summed E-state index contributed by atoms with van der Waals surface area (Å²) < 4.78 is 0. The second-order valence-electron chi connectivity index (χ2n) is 2.41. The Bertz CT molecular complexity index is 51.8. The lowest BCUT2D eigenvalue weighted by molar-refractivity contribution is 1.30. The van der Waals surface area contributed by atoms with Gasteiger partial charge in [-0.05, 0) is 20.8 Å². The molecular weight excluding hydrogens is 151 g/mol. The van der Waals surface area contributed by atoms with E-state index in [1.165, 1.54) is 18.5 Å². The van der Waals surface area contributed by atoms with Crippen LogP contribution in [0, 0.1) is 0 Å². The van der Waals surface area contributed by atoms with Crippen LogP contribution in [0.15, 0.2) is 0 Å². The van der Waals surface area contributed by atoms with E-state index in [2.05, 4.69) is 20.8 Å². The van der Waals surface area contributed by atoms with Crippen LogP contribution in [0.4, 0.5) is 0 Å². The molecule has 0 radical (unpaired) electrons. The van der Waals surface area contributed by atoms with Gasteiger partial charge in [-0.15, -0.1) is 0 Å². The van der Waals surface area contributed by atoms with Crippen LogP contribution < -0.4 is 0 Å². The number of hydrogen-bond donors (Lipinski definition) is 0. The molecule has 9 heavy (non-hydrogen) atoms. The minimum Gasteiger partial charge on any atom is -0.0821 e. The quantitative estimate of drug-likeness (QED) is 0.446. The molecule has 0 spiro atoms. The third-order valence-corrected chi connectivity index (χ3v) is 8.32. The van der Waals surface area contributed by atoms with Crippen molar-refractivity contribution in [1.29, 1.82) is 0 Å². The largest absolute Gasteiger partial charge is 0.132 e. The summed E-state index contributed by atoms with van der Waals surface area (Å²) in [5, 5.41) is 0. The van der Waals surface area contributed by atoms with Gasteiger partial charge in [0.25, 0.3) is 0 Å². The summed E-state index contributed by atoms with van der Waals surface area (Å²) in [4.78, 5) is 0. The molecule has 0 aliphatic carbocycles. The topological polar surface area (TPSA) is 0 Å². The summed E-state index contributed by atoms with van der Waals surface area (Å²) in [6.07, 6.45) is 3.97. The fourth-order valence-electron chi connectivity index (χ4n) is 0.924. The van der Waals surface area contributed by atoms with E-state index in [1.54, 1.807) is 0 Å². The summed E-state index contributed by atoms with van der Waals surface area (Å²) in [7, 11) is -0.654. The predicted octanol–water partition coefficient (Wildman–Crippen LogP) is 3.26. The van der Waals surface area contributed by atoms with Crippen LogP contribution in [-0.4, -0.2) is 24.1 Å². The third-order valence-electron chi connectivity index (χ3n) is 2.27. The second-order valence-corrected chi connectivity index (χ2v) is 7.95. The van der Waals surface area contributed by atoms with Crippen molar-refractivity contribution in [3.05, 3.63) is 0 Å². The lowest BCUT2D eigenvalue weighted by Gasteiger charge is -2.19. The predicted molar refractivity (Wildman–Crippen MR) is 49.3 cm³/mol. The van der Waals surface area contributed by atoms with E-state index in [0.29, 0.717) is 0 Å². The van der Waals surface area contributed by atoms with E-state index in [0.717, 1.165) is 5.62 Å². The number of alkyl halides is 1. The smallest absolute Gasteiger partial charge is 0.0821 e. The summed E-state index contributed by atoms with van der Waals surface area (Å²) >= 11 is 5.87. The Kier molecular flexibility index (Phi) is 4.88. The molecule has 0 fully saturated rings. The number of rotatable bonds is 4. The van der Waals surface area contributed by atoms with Crippen LogP contribution in [0.25, 0.3) is 0 Å². The van der Waals surface area contributed by atoms with Crippen molar-refractivity contribution >= 4 is 18.9 Å². The molecule has 0 aromatic rings. The van der Waals surface area contributed by atoms with Crippen molar-refractivity contribution in [3.8, 4) is 0 Å². The van der Waals surface area contributed by atoms with Crippen LogP contribution in [-0.2, 0) is 0 Å². The van der Waals surface area contributed by atoms with Gasteiger partial charge in [0.2, 0.25) is 0 Å². The Morgan fingerprint density at radius 3 is 1.33 bits per heavy atom. The van der Waals surface area contributed by atoms with Crippen LogP contribution in [0.5, 0.6) is 0 Å². The standard InChI is InChI=1S/C7H17ClP/c1-4-9(5-2,6-3)7-8/h4-7H2,1-3H3/q+1. The summed E-state index contributed by atoms with van der Waals surface area (Å²) in [6.45, 7) is 6.80. The maximum absolute atomic E-state index is 5.87. The molecule has 2 heteroatoms. The molecule has 0 rings (SSSR count). The van der Waals surface area contributed by atoms with Crippen molar-refractivity contribution in [1.82, 2.24) is 0 Å². The molecule has 0 saturated carbocycles. The summed E-state index contributed by atoms with van der Waals surface area (Å²) in [6, 6.07) is 0. The lowest BCUT2D eigenvalue weighted by Crippen LogP contribution is -2.03. The Morgan fingerprint density at radius 1 is 1.00 bits per heavy atom. The zero-order valence-electron chi connectivity index (χ0n) is 6.65. The van der Waals surface area contributed by atoms with Crippen molar-refractivity contribution in [2.24, 2.45) is 0 Å². The van der Waals surface area contributed by atoms with Gasteiger partial charge in [-0.3, -0.25) is 0 Å². The molecule has 0 aromatic carbocycles. The molecule has 0 N–H and O–H groups in total. The molecule has 0 heterocycles. The van der Waals surface area contributed by atoms with Crippen LogP contribution in [0.2, 0.25) is 0 Å². The zero-order valence-corrected chi connectivity index (χ0v) is 8.30. The molecule has 0 aliphatic rings. The monoisotopic (exact) mass is 167 g/mol. The Morgan fingerprint density at radius 2 is 1.33 bits per heavy atom.